The van der Waals surface area contributed by atoms with Crippen molar-refractivity contribution in [3.63, 3.8) is 0 Å². The van der Waals surface area contributed by atoms with Gasteiger partial charge in [0.1, 0.15) is 0 Å². The minimum absolute atomic E-state index is 0.305. The van der Waals surface area contributed by atoms with Gasteiger partial charge in [-0.05, 0) is 12.3 Å². The number of halogens is 3. The lowest BCUT2D eigenvalue weighted by Gasteiger charge is -2.21. The monoisotopic (exact) mass is 290 g/mol. The van der Waals surface area contributed by atoms with E-state index < -0.39 is 28.0 Å². The molecule has 0 radical (unpaired) electrons. The zero-order chi connectivity index (χ0) is 13.4. The second-order valence-electron chi connectivity index (χ2n) is 4.40. The van der Waals surface area contributed by atoms with Gasteiger partial charge in [0.05, 0.1) is 19.8 Å². The van der Waals surface area contributed by atoms with E-state index >= 15 is 0 Å². The van der Waals surface area contributed by atoms with Crippen LogP contribution in [0.15, 0.2) is 0 Å². The molecule has 1 saturated heterocycles. The first kappa shape index (κ1) is 14.0. The highest BCUT2D eigenvalue weighted by Gasteiger charge is 2.49. The lowest BCUT2D eigenvalue weighted by molar-refractivity contribution is -0.153. The quantitative estimate of drug-likeness (QED) is 0.580. The molecule has 2 rings (SSSR count). The van der Waals surface area contributed by atoms with E-state index in [0.717, 1.165) is 0 Å². The van der Waals surface area contributed by atoms with Crippen molar-refractivity contribution in [1.82, 2.24) is 0 Å². The van der Waals surface area contributed by atoms with Crippen LogP contribution in [0.5, 0.6) is 0 Å². The van der Waals surface area contributed by atoms with Crippen LogP contribution in [0, 0.1) is 5.92 Å². The molecule has 1 heterocycles. The molecule has 1 unspecified atom stereocenters. The Hall–Kier alpha value is -0.380. The Morgan fingerprint density at radius 1 is 1.28 bits per heavy atom. The Bertz CT molecular complexity index is 399. The molecule has 0 aromatic carbocycles. The van der Waals surface area contributed by atoms with Crippen molar-refractivity contribution in [2.24, 2.45) is 5.92 Å². The second kappa shape index (κ2) is 4.62. The average Bonchev–Trinajstić information content (AvgIpc) is 2.86. The van der Waals surface area contributed by atoms with E-state index in [1.165, 1.54) is 0 Å². The van der Waals surface area contributed by atoms with E-state index in [4.69, 9.17) is 9.47 Å². The van der Waals surface area contributed by atoms with Gasteiger partial charge in [-0.3, -0.25) is 4.18 Å². The standard InChI is InChI=1S/C9H13F3O5S/c10-9(11,12)18(13,14)17-6-7-1-2-8(5-7)15-3-4-16-8/h7H,1-6H2. The van der Waals surface area contributed by atoms with Gasteiger partial charge >= 0.3 is 15.6 Å². The summed E-state index contributed by atoms with van der Waals surface area (Å²) in [6, 6.07) is 0. The van der Waals surface area contributed by atoms with E-state index in [-0.39, 0.29) is 5.92 Å². The Morgan fingerprint density at radius 2 is 1.89 bits per heavy atom. The summed E-state index contributed by atoms with van der Waals surface area (Å²) >= 11 is 0. The lowest BCUT2D eigenvalue weighted by atomic mass is 10.1. The van der Waals surface area contributed by atoms with Crippen molar-refractivity contribution in [1.29, 1.82) is 0 Å². The van der Waals surface area contributed by atoms with Crippen LogP contribution >= 0.6 is 0 Å². The van der Waals surface area contributed by atoms with Crippen LogP contribution in [0.4, 0.5) is 13.2 Å². The van der Waals surface area contributed by atoms with E-state index in [1.807, 2.05) is 0 Å². The first-order valence-corrected chi connectivity index (χ1v) is 6.89. The van der Waals surface area contributed by atoms with Crippen LogP contribution in [0.1, 0.15) is 19.3 Å². The third-order valence-electron chi connectivity index (χ3n) is 3.09. The third kappa shape index (κ3) is 2.79. The first-order chi connectivity index (χ1) is 8.24. The number of ether oxygens (including phenoxy) is 2. The highest BCUT2D eigenvalue weighted by atomic mass is 32.2. The van der Waals surface area contributed by atoms with E-state index in [1.54, 1.807) is 0 Å². The molecule has 0 bridgehead atoms. The summed E-state index contributed by atoms with van der Waals surface area (Å²) in [6.07, 6.45) is 1.43. The summed E-state index contributed by atoms with van der Waals surface area (Å²) in [5, 5.41) is 0. The van der Waals surface area contributed by atoms with Gasteiger partial charge in [0, 0.05) is 12.8 Å². The summed E-state index contributed by atoms with van der Waals surface area (Å²) in [6.45, 7) is 0.416. The fraction of sp³-hybridized carbons (Fsp3) is 1.00. The van der Waals surface area contributed by atoms with Crippen molar-refractivity contribution in [2.75, 3.05) is 19.8 Å². The zero-order valence-electron chi connectivity index (χ0n) is 9.40. The van der Waals surface area contributed by atoms with Gasteiger partial charge in [-0.15, -0.1) is 0 Å². The van der Waals surface area contributed by atoms with Crippen LogP contribution in [-0.2, 0) is 23.8 Å². The summed E-state index contributed by atoms with van der Waals surface area (Å²) < 4.78 is 72.3. The highest BCUT2D eigenvalue weighted by Crippen LogP contribution is 2.41. The molecule has 1 atom stereocenters. The predicted molar refractivity (Wildman–Crippen MR) is 52.9 cm³/mol. The third-order valence-corrected chi connectivity index (χ3v) is 4.10. The van der Waals surface area contributed by atoms with E-state index in [2.05, 4.69) is 4.18 Å². The topological polar surface area (TPSA) is 61.8 Å². The number of hydrogen-bond donors (Lipinski definition) is 0. The molecule has 1 saturated carbocycles. The summed E-state index contributed by atoms with van der Waals surface area (Å²) in [5.74, 6) is -1.05. The zero-order valence-corrected chi connectivity index (χ0v) is 10.2. The van der Waals surface area contributed by atoms with Crippen LogP contribution in [0.25, 0.3) is 0 Å². The van der Waals surface area contributed by atoms with Gasteiger partial charge < -0.3 is 9.47 Å². The van der Waals surface area contributed by atoms with Gasteiger partial charge in [0.2, 0.25) is 0 Å². The number of hydrogen-bond acceptors (Lipinski definition) is 5. The van der Waals surface area contributed by atoms with Crippen molar-refractivity contribution in [2.45, 2.75) is 30.6 Å². The molecule has 0 N–H and O–H groups in total. The van der Waals surface area contributed by atoms with Gasteiger partial charge in [0.15, 0.2) is 5.79 Å². The van der Waals surface area contributed by atoms with Crippen molar-refractivity contribution < 1.29 is 35.2 Å². The molecule has 2 fully saturated rings. The molecule has 5 nitrogen and oxygen atoms in total. The summed E-state index contributed by atoms with van der Waals surface area (Å²) in [4.78, 5) is 0. The molecule has 1 aliphatic heterocycles. The Labute approximate surface area is 102 Å². The molecule has 106 valence electrons. The normalized spacial score (nSPS) is 28.1. The van der Waals surface area contributed by atoms with Crippen LogP contribution in [0.2, 0.25) is 0 Å². The predicted octanol–water partition coefficient (Wildman–Crippen LogP) is 1.40. The lowest BCUT2D eigenvalue weighted by Crippen LogP contribution is -2.29. The fourth-order valence-corrected chi connectivity index (χ4v) is 2.73. The molecule has 1 spiro atoms. The maximum atomic E-state index is 12.0. The Morgan fingerprint density at radius 3 is 2.44 bits per heavy atom. The molecule has 18 heavy (non-hydrogen) atoms. The summed E-state index contributed by atoms with van der Waals surface area (Å²) in [5.41, 5.74) is -5.37. The molecule has 9 heteroatoms. The van der Waals surface area contributed by atoms with E-state index in [9.17, 15) is 21.6 Å². The Kier molecular flexibility index (Phi) is 3.60. The minimum Gasteiger partial charge on any atom is -0.348 e. The minimum atomic E-state index is -5.50. The summed E-state index contributed by atoms with van der Waals surface area (Å²) in [7, 11) is -5.50. The first-order valence-electron chi connectivity index (χ1n) is 5.48. The van der Waals surface area contributed by atoms with Crippen LogP contribution < -0.4 is 0 Å². The second-order valence-corrected chi connectivity index (χ2v) is 6.01. The van der Waals surface area contributed by atoms with Crippen LogP contribution in [0.3, 0.4) is 0 Å². The molecule has 0 aromatic heterocycles. The molecular formula is C9H13F3O5S. The highest BCUT2D eigenvalue weighted by molar-refractivity contribution is 7.87. The smallest absolute Gasteiger partial charge is 0.348 e. The van der Waals surface area contributed by atoms with Crippen molar-refractivity contribution in [3.8, 4) is 0 Å². The maximum absolute atomic E-state index is 12.0. The van der Waals surface area contributed by atoms with Gasteiger partial charge in [0.25, 0.3) is 0 Å². The number of alkyl halides is 3. The molecule has 2 aliphatic rings. The van der Waals surface area contributed by atoms with Crippen molar-refractivity contribution in [3.05, 3.63) is 0 Å². The average molecular weight is 290 g/mol. The molecule has 1 aliphatic carbocycles. The van der Waals surface area contributed by atoms with Crippen LogP contribution in [-0.4, -0.2) is 39.5 Å². The SMILES string of the molecule is O=S(=O)(OCC1CCC2(C1)OCCO2)C(F)(F)F. The Balaban J connectivity index is 1.86. The fourth-order valence-electron chi connectivity index (χ4n) is 2.22. The molecule has 0 amide bonds. The number of rotatable bonds is 3. The van der Waals surface area contributed by atoms with Crippen molar-refractivity contribution >= 4 is 10.1 Å². The van der Waals surface area contributed by atoms with Gasteiger partial charge in [-0.1, -0.05) is 0 Å². The van der Waals surface area contributed by atoms with E-state index in [0.29, 0.717) is 32.5 Å². The van der Waals surface area contributed by atoms with Gasteiger partial charge in [-0.2, -0.15) is 21.6 Å². The van der Waals surface area contributed by atoms with Gasteiger partial charge in [-0.25, -0.2) is 0 Å². The largest absolute Gasteiger partial charge is 0.523 e. The molecule has 0 aromatic rings. The maximum Gasteiger partial charge on any atom is 0.523 e. The molecular weight excluding hydrogens is 277 g/mol.